The highest BCUT2D eigenvalue weighted by molar-refractivity contribution is 5.94. The number of hydrogen-bond donors (Lipinski definition) is 2. The number of rotatable bonds is 5. The second kappa shape index (κ2) is 6.12. The van der Waals surface area contributed by atoms with Crippen LogP contribution in [0, 0.1) is 0 Å². The van der Waals surface area contributed by atoms with E-state index in [2.05, 4.69) is 5.32 Å². The minimum atomic E-state index is 0.0218. The third kappa shape index (κ3) is 3.55. The van der Waals surface area contributed by atoms with E-state index in [1.807, 2.05) is 24.3 Å². The van der Waals surface area contributed by atoms with E-state index in [9.17, 15) is 4.79 Å². The number of nitrogens with one attached hydrogen (secondary N) is 1. The highest BCUT2D eigenvalue weighted by Gasteiger charge is 2.06. The Bertz CT molecular complexity index is 333. The molecule has 4 nitrogen and oxygen atoms in total. The molecule has 0 spiro atoms. The Morgan fingerprint density at radius 1 is 1.31 bits per heavy atom. The Morgan fingerprint density at radius 3 is 2.44 bits per heavy atom. The maximum Gasteiger partial charge on any atom is 0.253 e. The largest absolute Gasteiger partial charge is 0.385 e. The lowest BCUT2D eigenvalue weighted by Gasteiger charge is -2.11. The van der Waals surface area contributed by atoms with Crippen molar-refractivity contribution in [1.82, 2.24) is 4.90 Å². The molecule has 0 aliphatic carbocycles. The molecule has 0 saturated heterocycles. The summed E-state index contributed by atoms with van der Waals surface area (Å²) in [5, 5.41) is 3.24. The molecule has 1 rings (SSSR count). The van der Waals surface area contributed by atoms with Gasteiger partial charge in [0.05, 0.1) is 0 Å². The minimum Gasteiger partial charge on any atom is -0.385 e. The number of hydrogen-bond acceptors (Lipinski definition) is 3. The summed E-state index contributed by atoms with van der Waals surface area (Å²) in [4.78, 5) is 13.2. The van der Waals surface area contributed by atoms with Crippen LogP contribution in [0.5, 0.6) is 0 Å². The summed E-state index contributed by atoms with van der Waals surface area (Å²) >= 11 is 0. The van der Waals surface area contributed by atoms with Crippen LogP contribution in [0.1, 0.15) is 16.8 Å². The van der Waals surface area contributed by atoms with E-state index < -0.39 is 0 Å². The molecule has 0 unspecified atom stereocenters. The number of nitrogens with zero attached hydrogens (tertiary/aromatic N) is 1. The van der Waals surface area contributed by atoms with E-state index >= 15 is 0 Å². The highest BCUT2D eigenvalue weighted by Crippen LogP contribution is 2.10. The van der Waals surface area contributed by atoms with Crippen molar-refractivity contribution in [2.24, 2.45) is 5.73 Å². The first-order chi connectivity index (χ1) is 7.65. The van der Waals surface area contributed by atoms with Crippen LogP contribution in [0.3, 0.4) is 0 Å². The second-order valence-electron chi connectivity index (χ2n) is 3.85. The van der Waals surface area contributed by atoms with E-state index in [1.165, 1.54) is 0 Å². The average Bonchev–Trinajstić information content (AvgIpc) is 2.29. The molecule has 16 heavy (non-hydrogen) atoms. The number of benzene rings is 1. The van der Waals surface area contributed by atoms with Gasteiger partial charge in [-0.15, -0.1) is 0 Å². The summed E-state index contributed by atoms with van der Waals surface area (Å²) in [5.41, 5.74) is 7.12. The second-order valence-corrected chi connectivity index (χ2v) is 3.85. The standard InChI is InChI=1S/C12H19N3O/c1-15(2)12(16)10-4-6-11(7-5-10)14-9-3-8-13/h4-7,14H,3,8-9,13H2,1-2H3. The molecule has 1 aromatic carbocycles. The number of carbonyl (C=O) groups excluding carboxylic acids is 1. The van der Waals surface area contributed by atoms with Crippen LogP contribution < -0.4 is 11.1 Å². The van der Waals surface area contributed by atoms with Crippen molar-refractivity contribution in [3.63, 3.8) is 0 Å². The van der Waals surface area contributed by atoms with Gasteiger partial charge in [0.15, 0.2) is 0 Å². The summed E-state index contributed by atoms with van der Waals surface area (Å²) in [6.45, 7) is 1.54. The molecule has 0 heterocycles. The molecule has 88 valence electrons. The summed E-state index contributed by atoms with van der Waals surface area (Å²) in [6, 6.07) is 7.47. The third-order valence-electron chi connectivity index (χ3n) is 2.25. The molecule has 0 fully saturated rings. The predicted molar refractivity (Wildman–Crippen MR) is 66.6 cm³/mol. The van der Waals surface area contributed by atoms with Crippen molar-refractivity contribution in [2.75, 3.05) is 32.5 Å². The Hall–Kier alpha value is -1.55. The first-order valence-electron chi connectivity index (χ1n) is 5.41. The van der Waals surface area contributed by atoms with Crippen molar-refractivity contribution < 1.29 is 4.79 Å². The fourth-order valence-corrected chi connectivity index (χ4v) is 1.32. The molecule has 0 aliphatic rings. The van der Waals surface area contributed by atoms with Crippen molar-refractivity contribution in [3.8, 4) is 0 Å². The SMILES string of the molecule is CN(C)C(=O)c1ccc(NCCCN)cc1. The lowest BCUT2D eigenvalue weighted by atomic mass is 10.2. The summed E-state index contributed by atoms with van der Waals surface area (Å²) in [7, 11) is 3.49. The van der Waals surface area contributed by atoms with Crippen LogP contribution in [0.2, 0.25) is 0 Å². The van der Waals surface area contributed by atoms with Crippen LogP contribution in [0.15, 0.2) is 24.3 Å². The zero-order valence-corrected chi connectivity index (χ0v) is 9.86. The fraction of sp³-hybridized carbons (Fsp3) is 0.417. The fourth-order valence-electron chi connectivity index (χ4n) is 1.32. The molecule has 0 saturated carbocycles. The molecule has 3 N–H and O–H groups in total. The quantitative estimate of drug-likeness (QED) is 0.733. The number of carbonyl (C=O) groups is 1. The van der Waals surface area contributed by atoms with Crippen LogP contribution >= 0.6 is 0 Å². The highest BCUT2D eigenvalue weighted by atomic mass is 16.2. The van der Waals surface area contributed by atoms with Gasteiger partial charge in [0.2, 0.25) is 0 Å². The summed E-state index contributed by atoms with van der Waals surface area (Å²) < 4.78 is 0. The van der Waals surface area contributed by atoms with Gasteiger partial charge >= 0.3 is 0 Å². The molecule has 0 aromatic heterocycles. The van der Waals surface area contributed by atoms with Gasteiger partial charge in [-0.05, 0) is 37.2 Å². The first-order valence-corrected chi connectivity index (χ1v) is 5.41. The predicted octanol–water partition coefficient (Wildman–Crippen LogP) is 1.15. The van der Waals surface area contributed by atoms with Crippen LogP contribution in [0.4, 0.5) is 5.69 Å². The lowest BCUT2D eigenvalue weighted by Crippen LogP contribution is -2.21. The van der Waals surface area contributed by atoms with Crippen LogP contribution in [0.25, 0.3) is 0 Å². The van der Waals surface area contributed by atoms with E-state index in [0.717, 1.165) is 18.7 Å². The number of nitrogens with two attached hydrogens (primary N) is 1. The third-order valence-corrected chi connectivity index (χ3v) is 2.25. The topological polar surface area (TPSA) is 58.4 Å². The van der Waals surface area contributed by atoms with Crippen LogP contribution in [-0.2, 0) is 0 Å². The normalized spacial score (nSPS) is 9.94. The van der Waals surface area contributed by atoms with Crippen molar-refractivity contribution in [1.29, 1.82) is 0 Å². The lowest BCUT2D eigenvalue weighted by molar-refractivity contribution is 0.0827. The molecular formula is C12H19N3O. The van der Waals surface area contributed by atoms with Gasteiger partial charge in [0.25, 0.3) is 5.91 Å². The van der Waals surface area contributed by atoms with Gasteiger partial charge in [0, 0.05) is 31.9 Å². The van der Waals surface area contributed by atoms with Crippen molar-refractivity contribution >= 4 is 11.6 Å². The Morgan fingerprint density at radius 2 is 1.94 bits per heavy atom. The maximum absolute atomic E-state index is 11.6. The zero-order chi connectivity index (χ0) is 12.0. The van der Waals surface area contributed by atoms with E-state index in [4.69, 9.17) is 5.73 Å². The van der Waals surface area contributed by atoms with Crippen molar-refractivity contribution in [3.05, 3.63) is 29.8 Å². The van der Waals surface area contributed by atoms with E-state index in [0.29, 0.717) is 12.1 Å². The maximum atomic E-state index is 11.6. The monoisotopic (exact) mass is 221 g/mol. The zero-order valence-electron chi connectivity index (χ0n) is 9.86. The first kappa shape index (κ1) is 12.5. The van der Waals surface area contributed by atoms with E-state index in [1.54, 1.807) is 19.0 Å². The van der Waals surface area contributed by atoms with Crippen molar-refractivity contribution in [2.45, 2.75) is 6.42 Å². The molecule has 1 aromatic rings. The number of anilines is 1. The Kier molecular flexibility index (Phi) is 4.79. The minimum absolute atomic E-state index is 0.0218. The van der Waals surface area contributed by atoms with Crippen LogP contribution in [-0.4, -0.2) is 38.0 Å². The van der Waals surface area contributed by atoms with Gasteiger partial charge in [0.1, 0.15) is 0 Å². The average molecular weight is 221 g/mol. The summed E-state index contributed by atoms with van der Waals surface area (Å²) in [6.07, 6.45) is 0.943. The molecule has 0 bridgehead atoms. The van der Waals surface area contributed by atoms with Gasteiger partial charge in [-0.3, -0.25) is 4.79 Å². The van der Waals surface area contributed by atoms with Gasteiger partial charge in [-0.25, -0.2) is 0 Å². The van der Waals surface area contributed by atoms with Gasteiger partial charge in [-0.1, -0.05) is 0 Å². The molecule has 0 atom stereocenters. The molecular weight excluding hydrogens is 202 g/mol. The summed E-state index contributed by atoms with van der Waals surface area (Å²) in [5.74, 6) is 0.0218. The van der Waals surface area contributed by atoms with E-state index in [-0.39, 0.29) is 5.91 Å². The molecule has 0 radical (unpaired) electrons. The van der Waals surface area contributed by atoms with Gasteiger partial charge in [-0.2, -0.15) is 0 Å². The molecule has 0 aliphatic heterocycles. The molecule has 4 heteroatoms. The Balaban J connectivity index is 2.57. The Labute approximate surface area is 96.4 Å². The van der Waals surface area contributed by atoms with Gasteiger partial charge < -0.3 is 16.0 Å². The number of amides is 1. The smallest absolute Gasteiger partial charge is 0.253 e. The molecule has 1 amide bonds.